The molecule has 0 spiro atoms. The number of anilines is 2. The second kappa shape index (κ2) is 8.62. The SMILES string of the molecule is O=C1COc2ccc(CNC(=O)c3ncnc4c(NC(=O)c5ccc(F)cc5)c[nH]c34)cc2N1. The summed E-state index contributed by atoms with van der Waals surface area (Å²) in [4.78, 5) is 48.0. The van der Waals surface area contributed by atoms with Gasteiger partial charge in [-0.05, 0) is 42.0 Å². The Kier molecular flexibility index (Phi) is 5.34. The Morgan fingerprint density at radius 2 is 1.91 bits per heavy atom. The average Bonchev–Trinajstić information content (AvgIpc) is 3.25. The molecule has 0 radical (unpaired) electrons. The number of rotatable bonds is 5. The highest BCUT2D eigenvalue weighted by molar-refractivity contribution is 6.11. The van der Waals surface area contributed by atoms with Crippen molar-refractivity contribution in [3.05, 3.63) is 77.6 Å². The molecule has 10 nitrogen and oxygen atoms in total. The molecular weight excluding hydrogens is 443 g/mol. The summed E-state index contributed by atoms with van der Waals surface area (Å²) in [6, 6.07) is 10.3. The lowest BCUT2D eigenvalue weighted by Crippen LogP contribution is -2.26. The number of aromatic amines is 1. The molecule has 1 aliphatic heterocycles. The van der Waals surface area contributed by atoms with Crippen molar-refractivity contribution in [2.75, 3.05) is 17.2 Å². The third kappa shape index (κ3) is 4.13. The van der Waals surface area contributed by atoms with Crippen molar-refractivity contribution in [2.45, 2.75) is 6.54 Å². The summed E-state index contributed by atoms with van der Waals surface area (Å²) in [5.41, 5.74) is 2.72. The largest absolute Gasteiger partial charge is 0.482 e. The van der Waals surface area contributed by atoms with Crippen LogP contribution < -0.4 is 20.7 Å². The molecule has 0 saturated carbocycles. The van der Waals surface area contributed by atoms with Gasteiger partial charge in [0.05, 0.1) is 16.9 Å². The number of benzene rings is 2. The molecule has 5 rings (SSSR count). The molecule has 11 heteroatoms. The van der Waals surface area contributed by atoms with E-state index in [-0.39, 0.29) is 30.3 Å². The van der Waals surface area contributed by atoms with Gasteiger partial charge in [0.25, 0.3) is 17.7 Å². The molecule has 0 unspecified atom stereocenters. The quantitative estimate of drug-likeness (QED) is 0.361. The minimum atomic E-state index is -0.455. The van der Waals surface area contributed by atoms with Crippen LogP contribution in [0, 0.1) is 5.82 Å². The van der Waals surface area contributed by atoms with Crippen LogP contribution in [0.2, 0.25) is 0 Å². The number of nitrogens with zero attached hydrogens (tertiary/aromatic N) is 2. The van der Waals surface area contributed by atoms with E-state index in [1.165, 1.54) is 36.8 Å². The summed E-state index contributed by atoms with van der Waals surface area (Å²) in [6.45, 7) is 0.150. The predicted octanol–water partition coefficient (Wildman–Crippen LogP) is 2.61. The number of carbonyl (C=O) groups is 3. The van der Waals surface area contributed by atoms with Crippen LogP contribution in [0.5, 0.6) is 5.75 Å². The van der Waals surface area contributed by atoms with Crippen molar-refractivity contribution >= 4 is 40.1 Å². The third-order valence-corrected chi connectivity index (χ3v) is 5.16. The van der Waals surface area contributed by atoms with Gasteiger partial charge in [0, 0.05) is 18.3 Å². The number of hydrogen-bond acceptors (Lipinski definition) is 6. The fourth-order valence-electron chi connectivity index (χ4n) is 3.51. The lowest BCUT2D eigenvalue weighted by atomic mass is 10.1. The fourth-order valence-corrected chi connectivity index (χ4v) is 3.51. The summed E-state index contributed by atoms with van der Waals surface area (Å²) in [5.74, 6) is -1.03. The zero-order valence-corrected chi connectivity index (χ0v) is 17.5. The lowest BCUT2D eigenvalue weighted by Gasteiger charge is -2.18. The molecule has 1 aliphatic rings. The van der Waals surface area contributed by atoms with Gasteiger partial charge in [-0.3, -0.25) is 14.4 Å². The summed E-state index contributed by atoms with van der Waals surface area (Å²) in [6.07, 6.45) is 2.73. The predicted molar refractivity (Wildman–Crippen MR) is 120 cm³/mol. The molecule has 4 N–H and O–H groups in total. The Hall–Kier alpha value is -4.80. The molecule has 2 aromatic heterocycles. The van der Waals surface area contributed by atoms with Crippen molar-refractivity contribution in [3.8, 4) is 5.75 Å². The van der Waals surface area contributed by atoms with E-state index in [0.29, 0.717) is 28.2 Å². The number of nitrogens with one attached hydrogen (secondary N) is 4. The van der Waals surface area contributed by atoms with Crippen LogP contribution in [0.4, 0.5) is 15.8 Å². The number of ether oxygens (including phenoxy) is 1. The average molecular weight is 460 g/mol. The van der Waals surface area contributed by atoms with Gasteiger partial charge < -0.3 is 25.7 Å². The van der Waals surface area contributed by atoms with Gasteiger partial charge in [0.2, 0.25) is 0 Å². The molecule has 0 saturated heterocycles. The first-order chi connectivity index (χ1) is 16.5. The zero-order chi connectivity index (χ0) is 23.7. The van der Waals surface area contributed by atoms with Gasteiger partial charge in [-0.1, -0.05) is 6.07 Å². The van der Waals surface area contributed by atoms with Crippen LogP contribution in [-0.4, -0.2) is 39.3 Å². The minimum Gasteiger partial charge on any atom is -0.482 e. The van der Waals surface area contributed by atoms with Crippen LogP contribution in [0.3, 0.4) is 0 Å². The Morgan fingerprint density at radius 3 is 2.74 bits per heavy atom. The number of H-pyrrole nitrogens is 1. The number of aromatic nitrogens is 3. The van der Waals surface area contributed by atoms with Gasteiger partial charge >= 0.3 is 0 Å². The second-order valence-corrected chi connectivity index (χ2v) is 7.46. The number of halogens is 1. The highest BCUT2D eigenvalue weighted by atomic mass is 19.1. The Labute approximate surface area is 191 Å². The molecule has 0 bridgehead atoms. The number of hydrogen-bond donors (Lipinski definition) is 4. The maximum atomic E-state index is 13.1. The highest BCUT2D eigenvalue weighted by Gasteiger charge is 2.19. The second-order valence-electron chi connectivity index (χ2n) is 7.46. The number of fused-ring (bicyclic) bond motifs is 2. The van der Waals surface area contributed by atoms with Crippen LogP contribution in [-0.2, 0) is 11.3 Å². The molecule has 3 heterocycles. The van der Waals surface area contributed by atoms with E-state index in [1.807, 2.05) is 0 Å². The van der Waals surface area contributed by atoms with Crippen LogP contribution in [0.1, 0.15) is 26.4 Å². The van der Waals surface area contributed by atoms with Crippen molar-refractivity contribution in [1.82, 2.24) is 20.3 Å². The smallest absolute Gasteiger partial charge is 0.272 e. The molecule has 0 atom stereocenters. The van der Waals surface area contributed by atoms with E-state index in [2.05, 4.69) is 30.9 Å². The van der Waals surface area contributed by atoms with Gasteiger partial charge in [0.15, 0.2) is 12.3 Å². The Balaban J connectivity index is 1.31. The Bertz CT molecular complexity index is 1430. The van der Waals surface area contributed by atoms with Crippen LogP contribution >= 0.6 is 0 Å². The standard InChI is InChI=1S/C23H17FN6O4/c24-14-4-2-13(3-5-14)22(32)30-16-9-25-20-19(16)27-11-28-21(20)23(33)26-8-12-1-6-17-15(7-12)29-18(31)10-34-17/h1-7,9,11,25H,8,10H2,(H,26,33)(H,29,31)(H,30,32). The first-order valence-corrected chi connectivity index (χ1v) is 10.2. The zero-order valence-electron chi connectivity index (χ0n) is 17.5. The van der Waals surface area contributed by atoms with Crippen LogP contribution in [0.15, 0.2) is 55.0 Å². The summed E-state index contributed by atoms with van der Waals surface area (Å²) in [7, 11) is 0. The van der Waals surface area contributed by atoms with Crippen molar-refractivity contribution in [1.29, 1.82) is 0 Å². The molecule has 0 aliphatic carbocycles. The maximum Gasteiger partial charge on any atom is 0.272 e. The maximum absolute atomic E-state index is 13.1. The molecular formula is C23H17FN6O4. The molecule has 170 valence electrons. The van der Waals surface area contributed by atoms with E-state index in [4.69, 9.17) is 4.74 Å². The molecule has 2 aromatic carbocycles. The van der Waals surface area contributed by atoms with E-state index >= 15 is 0 Å². The topological polar surface area (TPSA) is 138 Å². The van der Waals surface area contributed by atoms with Crippen molar-refractivity contribution in [3.63, 3.8) is 0 Å². The van der Waals surface area contributed by atoms with Crippen molar-refractivity contribution < 1.29 is 23.5 Å². The molecule has 4 aromatic rings. The molecule has 34 heavy (non-hydrogen) atoms. The van der Waals surface area contributed by atoms with E-state index in [1.54, 1.807) is 18.2 Å². The highest BCUT2D eigenvalue weighted by Crippen LogP contribution is 2.28. The molecule has 3 amide bonds. The monoisotopic (exact) mass is 460 g/mol. The minimum absolute atomic E-state index is 0.0325. The fraction of sp³-hybridized carbons (Fsp3) is 0.0870. The normalized spacial score (nSPS) is 12.4. The van der Waals surface area contributed by atoms with Gasteiger partial charge in [0.1, 0.15) is 23.4 Å². The summed E-state index contributed by atoms with van der Waals surface area (Å²) >= 11 is 0. The molecule has 0 fully saturated rings. The van der Waals surface area contributed by atoms with Crippen molar-refractivity contribution in [2.24, 2.45) is 0 Å². The number of carbonyl (C=O) groups excluding carboxylic acids is 3. The van der Waals surface area contributed by atoms with Gasteiger partial charge in [-0.2, -0.15) is 0 Å². The number of amides is 3. The summed E-state index contributed by atoms with van der Waals surface area (Å²) in [5, 5.41) is 8.20. The van der Waals surface area contributed by atoms with Crippen LogP contribution in [0.25, 0.3) is 11.0 Å². The lowest BCUT2D eigenvalue weighted by molar-refractivity contribution is -0.118. The first kappa shape index (κ1) is 21.1. The first-order valence-electron chi connectivity index (χ1n) is 10.2. The van der Waals surface area contributed by atoms with E-state index in [0.717, 1.165) is 5.56 Å². The van der Waals surface area contributed by atoms with E-state index < -0.39 is 17.6 Å². The van der Waals surface area contributed by atoms with Gasteiger partial charge in [-0.25, -0.2) is 14.4 Å². The van der Waals surface area contributed by atoms with E-state index in [9.17, 15) is 18.8 Å². The van der Waals surface area contributed by atoms with Gasteiger partial charge in [-0.15, -0.1) is 0 Å². The summed E-state index contributed by atoms with van der Waals surface area (Å²) < 4.78 is 18.4. The third-order valence-electron chi connectivity index (χ3n) is 5.16. The Morgan fingerprint density at radius 1 is 1.09 bits per heavy atom.